The second-order valence-corrected chi connectivity index (χ2v) is 3.73. The smallest absolute Gasteiger partial charge is 0.325 e. The fraction of sp³-hybridized carbons (Fsp3) is 0.462. The highest BCUT2D eigenvalue weighted by atomic mass is 16.5. The Hall–Kier alpha value is -2.09. The van der Waals surface area contributed by atoms with Crippen molar-refractivity contribution in [2.75, 3.05) is 24.6 Å². The molecule has 0 aromatic carbocycles. The first-order chi connectivity index (χ1) is 8.72. The average Bonchev–Trinajstić information content (AvgIpc) is 2.38. The van der Waals surface area contributed by atoms with Gasteiger partial charge in [-0.25, -0.2) is 0 Å². The van der Waals surface area contributed by atoms with Gasteiger partial charge in [-0.05, 0) is 19.4 Å². The average molecular weight is 247 g/mol. The Kier molecular flexibility index (Phi) is 5.65. The van der Waals surface area contributed by atoms with Crippen molar-refractivity contribution in [2.45, 2.75) is 20.3 Å². The molecule has 0 radical (unpaired) electrons. The molecule has 5 heteroatoms. The molecule has 1 aromatic heterocycles. The highest BCUT2D eigenvalue weighted by Gasteiger charge is 2.15. The molecule has 0 aliphatic carbocycles. The Morgan fingerprint density at radius 1 is 1.56 bits per heavy atom. The van der Waals surface area contributed by atoms with Gasteiger partial charge in [0.15, 0.2) is 0 Å². The summed E-state index contributed by atoms with van der Waals surface area (Å²) in [5.41, 5.74) is 1.19. The van der Waals surface area contributed by atoms with Crippen LogP contribution >= 0.6 is 0 Å². The summed E-state index contributed by atoms with van der Waals surface area (Å²) < 4.78 is 4.93. The number of rotatable bonds is 6. The first kappa shape index (κ1) is 14.0. The molecular weight excluding hydrogens is 230 g/mol. The van der Waals surface area contributed by atoms with Crippen LogP contribution in [0.1, 0.15) is 25.8 Å². The Morgan fingerprint density at radius 3 is 2.94 bits per heavy atom. The van der Waals surface area contributed by atoms with E-state index in [9.17, 15) is 4.79 Å². The normalized spacial score (nSPS) is 9.61. The number of carbonyl (C=O) groups is 1. The number of hydrogen-bond donors (Lipinski definition) is 0. The van der Waals surface area contributed by atoms with E-state index >= 15 is 0 Å². The van der Waals surface area contributed by atoms with Crippen molar-refractivity contribution in [2.24, 2.45) is 0 Å². The van der Waals surface area contributed by atoms with E-state index in [1.165, 1.54) is 0 Å². The number of aromatic nitrogens is 1. The Morgan fingerprint density at radius 2 is 2.33 bits per heavy atom. The van der Waals surface area contributed by atoms with Gasteiger partial charge >= 0.3 is 5.97 Å². The minimum absolute atomic E-state index is 0.141. The van der Waals surface area contributed by atoms with Crippen LogP contribution in [0.4, 0.5) is 5.69 Å². The fourth-order valence-electron chi connectivity index (χ4n) is 1.65. The van der Waals surface area contributed by atoms with Gasteiger partial charge in [0.05, 0.1) is 24.1 Å². The van der Waals surface area contributed by atoms with Crippen molar-refractivity contribution in [1.82, 2.24) is 4.98 Å². The number of anilines is 1. The molecule has 0 aliphatic heterocycles. The number of hydrogen-bond acceptors (Lipinski definition) is 5. The summed E-state index contributed by atoms with van der Waals surface area (Å²) in [6.45, 7) is 4.96. The topological polar surface area (TPSA) is 66.2 Å². The van der Waals surface area contributed by atoms with Crippen molar-refractivity contribution < 1.29 is 9.53 Å². The van der Waals surface area contributed by atoms with E-state index < -0.39 is 0 Å². The lowest BCUT2D eigenvalue weighted by Gasteiger charge is -2.23. The SMILES string of the molecule is CCCN(CC(=O)OCC)c1cnccc1C#N. The lowest BCUT2D eigenvalue weighted by Crippen LogP contribution is -2.32. The fourth-order valence-corrected chi connectivity index (χ4v) is 1.65. The summed E-state index contributed by atoms with van der Waals surface area (Å²) in [6, 6.07) is 3.75. The Balaban J connectivity index is 2.90. The van der Waals surface area contributed by atoms with Crippen LogP contribution in [-0.4, -0.2) is 30.6 Å². The van der Waals surface area contributed by atoms with E-state index in [1.807, 2.05) is 11.8 Å². The molecule has 18 heavy (non-hydrogen) atoms. The van der Waals surface area contributed by atoms with Gasteiger partial charge in [-0.15, -0.1) is 0 Å². The molecule has 0 saturated carbocycles. The highest BCUT2D eigenvalue weighted by Crippen LogP contribution is 2.18. The third-order valence-electron chi connectivity index (χ3n) is 2.38. The first-order valence-corrected chi connectivity index (χ1v) is 5.97. The minimum Gasteiger partial charge on any atom is -0.465 e. The zero-order chi connectivity index (χ0) is 13.4. The molecule has 0 unspecified atom stereocenters. The van der Waals surface area contributed by atoms with Crippen LogP contribution in [0, 0.1) is 11.3 Å². The third-order valence-corrected chi connectivity index (χ3v) is 2.38. The maximum atomic E-state index is 11.5. The summed E-state index contributed by atoms with van der Waals surface area (Å²) in [5.74, 6) is -0.293. The van der Waals surface area contributed by atoms with E-state index in [0.717, 1.165) is 6.42 Å². The minimum atomic E-state index is -0.293. The van der Waals surface area contributed by atoms with E-state index in [-0.39, 0.29) is 12.5 Å². The van der Waals surface area contributed by atoms with E-state index in [2.05, 4.69) is 11.1 Å². The van der Waals surface area contributed by atoms with Crippen LogP contribution in [0.25, 0.3) is 0 Å². The molecule has 0 atom stereocenters. The van der Waals surface area contributed by atoms with Crippen molar-refractivity contribution in [3.63, 3.8) is 0 Å². The zero-order valence-corrected chi connectivity index (χ0v) is 10.7. The number of pyridine rings is 1. The highest BCUT2D eigenvalue weighted by molar-refractivity contribution is 5.76. The third kappa shape index (κ3) is 3.74. The summed E-state index contributed by atoms with van der Waals surface area (Å²) in [7, 11) is 0. The predicted octanol–water partition coefficient (Wildman–Crippen LogP) is 1.73. The van der Waals surface area contributed by atoms with Crippen molar-refractivity contribution in [3.05, 3.63) is 24.0 Å². The largest absolute Gasteiger partial charge is 0.465 e. The second kappa shape index (κ2) is 7.28. The molecule has 1 heterocycles. The van der Waals surface area contributed by atoms with Crippen LogP contribution in [0.3, 0.4) is 0 Å². The van der Waals surface area contributed by atoms with Gasteiger partial charge in [-0.1, -0.05) is 6.92 Å². The molecule has 0 aliphatic rings. The van der Waals surface area contributed by atoms with Crippen molar-refractivity contribution in [1.29, 1.82) is 5.26 Å². The first-order valence-electron chi connectivity index (χ1n) is 5.97. The number of nitrogens with zero attached hydrogens (tertiary/aromatic N) is 3. The molecule has 0 N–H and O–H groups in total. The maximum Gasteiger partial charge on any atom is 0.325 e. The summed E-state index contributed by atoms with van der Waals surface area (Å²) in [6.07, 6.45) is 4.04. The van der Waals surface area contributed by atoms with E-state index in [0.29, 0.717) is 24.4 Å². The Bertz CT molecular complexity index is 440. The lowest BCUT2D eigenvalue weighted by molar-refractivity contribution is -0.141. The van der Waals surface area contributed by atoms with E-state index in [1.54, 1.807) is 25.4 Å². The van der Waals surface area contributed by atoms with Crippen LogP contribution < -0.4 is 4.90 Å². The second-order valence-electron chi connectivity index (χ2n) is 3.73. The number of esters is 1. The van der Waals surface area contributed by atoms with Crippen molar-refractivity contribution in [3.8, 4) is 6.07 Å². The summed E-state index contributed by atoms with van der Waals surface area (Å²) in [4.78, 5) is 17.4. The summed E-state index contributed by atoms with van der Waals surface area (Å²) >= 11 is 0. The molecular formula is C13H17N3O2. The van der Waals surface area contributed by atoms with Gasteiger partial charge in [0.25, 0.3) is 0 Å². The van der Waals surface area contributed by atoms with Gasteiger partial charge in [0.1, 0.15) is 12.6 Å². The zero-order valence-electron chi connectivity index (χ0n) is 10.7. The number of ether oxygens (including phenoxy) is 1. The molecule has 0 spiro atoms. The molecule has 0 fully saturated rings. The van der Waals surface area contributed by atoms with Gasteiger partial charge in [0.2, 0.25) is 0 Å². The standard InChI is InChI=1S/C13H17N3O2/c1-3-7-16(10-13(17)18-4-2)12-9-15-6-5-11(12)8-14/h5-6,9H,3-4,7,10H2,1-2H3. The van der Waals surface area contributed by atoms with Crippen LogP contribution in [-0.2, 0) is 9.53 Å². The van der Waals surface area contributed by atoms with Crippen LogP contribution in [0.5, 0.6) is 0 Å². The van der Waals surface area contributed by atoms with E-state index in [4.69, 9.17) is 10.00 Å². The predicted molar refractivity (Wildman–Crippen MR) is 68.1 cm³/mol. The molecule has 1 aromatic rings. The lowest BCUT2D eigenvalue weighted by atomic mass is 10.2. The molecule has 96 valence electrons. The van der Waals surface area contributed by atoms with Crippen molar-refractivity contribution >= 4 is 11.7 Å². The molecule has 5 nitrogen and oxygen atoms in total. The molecule has 0 bridgehead atoms. The monoisotopic (exact) mass is 247 g/mol. The van der Waals surface area contributed by atoms with Gasteiger partial charge in [-0.3, -0.25) is 9.78 Å². The number of nitriles is 1. The maximum absolute atomic E-state index is 11.5. The van der Waals surface area contributed by atoms with Crippen LogP contribution in [0.15, 0.2) is 18.5 Å². The summed E-state index contributed by atoms with van der Waals surface area (Å²) in [5, 5.41) is 9.05. The van der Waals surface area contributed by atoms with Gasteiger partial charge in [-0.2, -0.15) is 5.26 Å². The molecule has 0 saturated heterocycles. The molecule has 1 rings (SSSR count). The molecule has 0 amide bonds. The number of carbonyl (C=O) groups excluding carboxylic acids is 1. The van der Waals surface area contributed by atoms with Crippen LogP contribution in [0.2, 0.25) is 0 Å². The van der Waals surface area contributed by atoms with Gasteiger partial charge in [0, 0.05) is 12.7 Å². The van der Waals surface area contributed by atoms with Gasteiger partial charge < -0.3 is 9.64 Å². The Labute approximate surface area is 107 Å². The quantitative estimate of drug-likeness (QED) is 0.716.